The van der Waals surface area contributed by atoms with Gasteiger partial charge < -0.3 is 20.1 Å². The molecule has 1 aliphatic rings. The highest BCUT2D eigenvalue weighted by molar-refractivity contribution is 5.97. The summed E-state index contributed by atoms with van der Waals surface area (Å²) in [6, 6.07) is 2.01. The smallest absolute Gasteiger partial charge is 0.264 e. The number of hydrogen-bond donors (Lipinski definition) is 2. The maximum absolute atomic E-state index is 13.1. The number of nitrogen functional groups attached to an aromatic ring is 1. The molecule has 0 unspecified atom stereocenters. The molecule has 1 saturated heterocycles. The number of amides is 1. The number of aromatic amines is 1. The summed E-state index contributed by atoms with van der Waals surface area (Å²) in [6.45, 7) is 10.7. The van der Waals surface area contributed by atoms with Crippen molar-refractivity contribution < 1.29 is 4.79 Å². The summed E-state index contributed by atoms with van der Waals surface area (Å²) in [4.78, 5) is 28.8. The monoisotopic (exact) mass is 426 g/mol. The minimum Gasteiger partial charge on any atom is -0.382 e. The highest BCUT2D eigenvalue weighted by Crippen LogP contribution is 2.31. The predicted octanol–water partition coefficient (Wildman–Crippen LogP) is 1.59. The Bertz CT molecular complexity index is 1180. The highest BCUT2D eigenvalue weighted by Gasteiger charge is 2.24. The highest BCUT2D eigenvalue weighted by atomic mass is 16.2. The number of H-pyrrole nitrogens is 1. The quantitative estimate of drug-likeness (QED) is 0.654. The lowest BCUT2D eigenvalue weighted by molar-refractivity contribution is -0.129. The molecule has 3 N–H and O–H groups in total. The summed E-state index contributed by atoms with van der Waals surface area (Å²) >= 11 is 0. The van der Waals surface area contributed by atoms with E-state index >= 15 is 0 Å². The van der Waals surface area contributed by atoms with Crippen LogP contribution in [0.2, 0.25) is 0 Å². The first-order chi connectivity index (χ1) is 14.7. The van der Waals surface area contributed by atoms with Crippen molar-refractivity contribution in [2.24, 2.45) is 13.0 Å². The molecule has 1 fully saturated rings. The number of piperazine rings is 1. The normalized spacial score (nSPS) is 15.8. The fourth-order valence-corrected chi connectivity index (χ4v) is 4.11. The van der Waals surface area contributed by atoms with E-state index in [2.05, 4.69) is 28.9 Å². The van der Waals surface area contributed by atoms with E-state index in [1.807, 2.05) is 35.8 Å². The molecule has 1 amide bonds. The van der Waals surface area contributed by atoms with E-state index in [9.17, 15) is 9.59 Å². The van der Waals surface area contributed by atoms with Gasteiger partial charge in [-0.05, 0) is 12.8 Å². The predicted molar refractivity (Wildman–Crippen MR) is 121 cm³/mol. The van der Waals surface area contributed by atoms with Crippen molar-refractivity contribution in [1.82, 2.24) is 29.4 Å². The molecule has 3 aromatic heterocycles. The van der Waals surface area contributed by atoms with Gasteiger partial charge in [0, 0.05) is 64.0 Å². The first kappa shape index (κ1) is 21.0. The van der Waals surface area contributed by atoms with Crippen LogP contribution in [0.15, 0.2) is 17.1 Å². The van der Waals surface area contributed by atoms with Gasteiger partial charge in [0.15, 0.2) is 5.82 Å². The molecule has 0 aliphatic carbocycles. The number of carbonyl (C=O) groups is 1. The van der Waals surface area contributed by atoms with Crippen LogP contribution in [-0.2, 0) is 11.8 Å². The van der Waals surface area contributed by atoms with E-state index in [-0.39, 0.29) is 29.2 Å². The van der Waals surface area contributed by atoms with Crippen molar-refractivity contribution in [2.45, 2.75) is 33.7 Å². The second-order valence-corrected chi connectivity index (χ2v) is 8.60. The summed E-state index contributed by atoms with van der Waals surface area (Å²) in [6.07, 6.45) is 1.85. The van der Waals surface area contributed by atoms with Crippen LogP contribution >= 0.6 is 0 Å². The Hall–Kier alpha value is -3.30. The molecule has 0 spiro atoms. The molecule has 10 heteroatoms. The molecule has 10 nitrogen and oxygen atoms in total. The van der Waals surface area contributed by atoms with Gasteiger partial charge in [-0.25, -0.2) is 0 Å². The maximum Gasteiger partial charge on any atom is 0.264 e. The van der Waals surface area contributed by atoms with Gasteiger partial charge in [-0.3, -0.25) is 19.4 Å². The largest absolute Gasteiger partial charge is 0.382 e. The molecule has 1 aliphatic heterocycles. The molecule has 4 rings (SSSR count). The Kier molecular flexibility index (Phi) is 5.24. The summed E-state index contributed by atoms with van der Waals surface area (Å²) < 4.78 is 3.57. The van der Waals surface area contributed by atoms with Gasteiger partial charge in [-0.15, -0.1) is 0 Å². The van der Waals surface area contributed by atoms with Crippen LogP contribution in [0, 0.1) is 5.92 Å². The number of fused-ring (bicyclic) bond motifs is 1. The third-order valence-corrected chi connectivity index (χ3v) is 6.36. The second kappa shape index (κ2) is 7.75. The Morgan fingerprint density at radius 3 is 2.48 bits per heavy atom. The first-order valence-corrected chi connectivity index (χ1v) is 10.6. The van der Waals surface area contributed by atoms with Crippen molar-refractivity contribution in [2.75, 3.05) is 36.8 Å². The number of carbonyl (C=O) groups excluding carboxylic acids is 1. The molecule has 0 aromatic carbocycles. The third kappa shape index (κ3) is 3.55. The average molecular weight is 427 g/mol. The Morgan fingerprint density at radius 2 is 1.87 bits per heavy atom. The number of rotatable bonds is 4. The van der Waals surface area contributed by atoms with Crippen LogP contribution in [0.4, 0.5) is 11.6 Å². The van der Waals surface area contributed by atoms with E-state index in [1.165, 1.54) is 0 Å². The van der Waals surface area contributed by atoms with Gasteiger partial charge in [0.05, 0.1) is 11.2 Å². The Labute approximate surface area is 180 Å². The fourth-order valence-electron chi connectivity index (χ4n) is 4.11. The number of nitrogens with two attached hydrogens (primary N) is 1. The van der Waals surface area contributed by atoms with Crippen LogP contribution in [-0.4, -0.2) is 61.5 Å². The molecule has 0 radical (unpaired) electrons. The second-order valence-electron chi connectivity index (χ2n) is 8.60. The van der Waals surface area contributed by atoms with Crippen LogP contribution in [0.1, 0.15) is 33.7 Å². The van der Waals surface area contributed by atoms with Gasteiger partial charge in [0.1, 0.15) is 11.2 Å². The van der Waals surface area contributed by atoms with Crippen molar-refractivity contribution in [3.8, 4) is 11.3 Å². The molecule has 4 heterocycles. The van der Waals surface area contributed by atoms with E-state index in [1.54, 1.807) is 11.5 Å². The minimum atomic E-state index is -0.150. The van der Waals surface area contributed by atoms with Crippen LogP contribution in [0.3, 0.4) is 0 Å². The molecule has 0 saturated carbocycles. The number of nitrogens with zero attached hydrogens (tertiary/aromatic N) is 6. The van der Waals surface area contributed by atoms with Crippen molar-refractivity contribution >= 4 is 28.4 Å². The molecular weight excluding hydrogens is 396 g/mol. The number of hydrogen-bond acceptors (Lipinski definition) is 6. The summed E-state index contributed by atoms with van der Waals surface area (Å²) in [7, 11) is 1.90. The Balaban J connectivity index is 1.78. The molecule has 1 atom stereocenters. The molecule has 0 bridgehead atoms. The van der Waals surface area contributed by atoms with Gasteiger partial charge in [0.25, 0.3) is 5.56 Å². The lowest BCUT2D eigenvalue weighted by atomic mass is 10.0. The van der Waals surface area contributed by atoms with Crippen molar-refractivity contribution in [3.63, 3.8) is 0 Å². The summed E-state index contributed by atoms with van der Waals surface area (Å²) in [5.41, 5.74) is 8.01. The van der Waals surface area contributed by atoms with Gasteiger partial charge in [-0.2, -0.15) is 10.2 Å². The number of aryl methyl sites for hydroxylation is 1. The topological polar surface area (TPSA) is 118 Å². The molecule has 166 valence electrons. The zero-order valence-electron chi connectivity index (χ0n) is 18.7. The van der Waals surface area contributed by atoms with Crippen molar-refractivity contribution in [1.29, 1.82) is 0 Å². The van der Waals surface area contributed by atoms with E-state index in [0.717, 1.165) is 30.2 Å². The maximum atomic E-state index is 13.1. The zero-order chi connectivity index (χ0) is 22.4. The summed E-state index contributed by atoms with van der Waals surface area (Å²) in [5.74, 6) is 1.54. The van der Waals surface area contributed by atoms with Crippen LogP contribution in [0.5, 0.6) is 0 Å². The standard InChI is InChI=1S/C21H30N8O2/c1-12(2)13(3)29-11-15(19-18(21(29)31)20(22)24-23-19)16-10-17(26(5)25-16)28-8-6-27(7-9-28)14(4)30/h10-13H,6-9H2,1-5H3,(H3,22,23,24)/t13-/m0/s1. The SMILES string of the molecule is CC(=O)N1CCN(c2cc(-c3cn([C@@H](C)C(C)C)c(=O)c4c(N)n[nH]c34)nn2C)CC1. The zero-order valence-corrected chi connectivity index (χ0v) is 18.7. The number of pyridine rings is 1. The average Bonchev–Trinajstić information content (AvgIpc) is 3.31. The number of aromatic nitrogens is 5. The van der Waals surface area contributed by atoms with Gasteiger partial charge >= 0.3 is 0 Å². The Morgan fingerprint density at radius 1 is 1.19 bits per heavy atom. The lowest BCUT2D eigenvalue weighted by Gasteiger charge is -2.35. The van der Waals surface area contributed by atoms with Gasteiger partial charge in [0.2, 0.25) is 5.91 Å². The van der Waals surface area contributed by atoms with E-state index in [4.69, 9.17) is 10.8 Å². The minimum absolute atomic E-state index is 0.00668. The van der Waals surface area contributed by atoms with Crippen molar-refractivity contribution in [3.05, 3.63) is 22.6 Å². The number of anilines is 2. The first-order valence-electron chi connectivity index (χ1n) is 10.6. The molecule has 31 heavy (non-hydrogen) atoms. The van der Waals surface area contributed by atoms with Crippen LogP contribution in [0.25, 0.3) is 22.2 Å². The molecule has 3 aromatic rings. The lowest BCUT2D eigenvalue weighted by Crippen LogP contribution is -2.48. The fraction of sp³-hybridized carbons (Fsp3) is 0.524. The third-order valence-electron chi connectivity index (χ3n) is 6.36. The van der Waals surface area contributed by atoms with E-state index < -0.39 is 0 Å². The number of nitrogens with one attached hydrogen (secondary N) is 1. The van der Waals surface area contributed by atoms with Crippen LogP contribution < -0.4 is 16.2 Å². The van der Waals surface area contributed by atoms with E-state index in [0.29, 0.717) is 24.0 Å². The van der Waals surface area contributed by atoms with Gasteiger partial charge in [-0.1, -0.05) is 13.8 Å². The molecular formula is C21H30N8O2. The summed E-state index contributed by atoms with van der Waals surface area (Å²) in [5, 5.41) is 12.1.